The fourth-order valence-corrected chi connectivity index (χ4v) is 9.96. The Kier molecular flexibility index (Phi) is 9.80. The Bertz CT molecular complexity index is 1370. The van der Waals surface area contributed by atoms with Crippen LogP contribution in [0.15, 0.2) is 36.4 Å². The Morgan fingerprint density at radius 1 is 0.579 bits per heavy atom. The molecule has 4 aromatic rings. The molecule has 0 aliphatic heterocycles. The van der Waals surface area contributed by atoms with E-state index in [1.165, 1.54) is 122 Å². The standard InChI is InChI=1S/C34H42S4/c1-5-6-7-8-9-10-11-12-14-26-18-20-32(38-26)34-22-30(25(4)37-34)28-16-13-15-27(28)29-21-33(36-24(29)3)31-19-17-23(2)35-31/h17-22H,5-16H2,1-4H3. The van der Waals surface area contributed by atoms with Gasteiger partial charge in [0, 0.05) is 39.0 Å². The first-order valence-corrected chi connectivity index (χ1v) is 17.9. The first-order valence-electron chi connectivity index (χ1n) is 14.6. The van der Waals surface area contributed by atoms with Crippen molar-refractivity contribution in [3.05, 3.63) is 67.0 Å². The van der Waals surface area contributed by atoms with Crippen LogP contribution in [0.3, 0.4) is 0 Å². The lowest BCUT2D eigenvalue weighted by atomic mass is 9.97. The van der Waals surface area contributed by atoms with Crippen LogP contribution in [0, 0.1) is 20.8 Å². The summed E-state index contributed by atoms with van der Waals surface area (Å²) in [7, 11) is 0. The summed E-state index contributed by atoms with van der Waals surface area (Å²) in [5.74, 6) is 0. The van der Waals surface area contributed by atoms with E-state index in [1.54, 1.807) is 16.0 Å². The van der Waals surface area contributed by atoms with Gasteiger partial charge in [0.05, 0.1) is 0 Å². The van der Waals surface area contributed by atoms with E-state index in [9.17, 15) is 0 Å². The van der Waals surface area contributed by atoms with Crippen molar-refractivity contribution in [2.24, 2.45) is 0 Å². The summed E-state index contributed by atoms with van der Waals surface area (Å²) >= 11 is 7.90. The van der Waals surface area contributed by atoms with E-state index < -0.39 is 0 Å². The van der Waals surface area contributed by atoms with Gasteiger partial charge in [-0.1, -0.05) is 51.9 Å². The van der Waals surface area contributed by atoms with Gasteiger partial charge in [-0.2, -0.15) is 0 Å². The van der Waals surface area contributed by atoms with Crippen LogP contribution < -0.4 is 0 Å². The average molecular weight is 579 g/mol. The molecule has 0 saturated heterocycles. The Hall–Kier alpha value is -1.46. The number of unbranched alkanes of at least 4 members (excludes halogenated alkanes) is 7. The molecule has 0 bridgehead atoms. The van der Waals surface area contributed by atoms with Crippen molar-refractivity contribution >= 4 is 56.5 Å². The van der Waals surface area contributed by atoms with Crippen LogP contribution in [0.2, 0.25) is 0 Å². The van der Waals surface area contributed by atoms with Gasteiger partial charge in [-0.05, 0) is 112 Å². The Balaban J connectivity index is 1.27. The minimum Gasteiger partial charge on any atom is -0.140 e. The van der Waals surface area contributed by atoms with E-state index >= 15 is 0 Å². The molecule has 5 rings (SSSR count). The van der Waals surface area contributed by atoms with Crippen LogP contribution >= 0.6 is 45.3 Å². The normalized spacial score (nSPS) is 13.8. The SMILES string of the molecule is CCCCCCCCCCc1ccc(-c2cc(C3=C(c4cc(-c5ccc(C)s5)sc4C)CCC3)c(C)s2)s1. The van der Waals surface area contributed by atoms with Gasteiger partial charge < -0.3 is 0 Å². The van der Waals surface area contributed by atoms with Crippen molar-refractivity contribution in [2.75, 3.05) is 0 Å². The zero-order valence-electron chi connectivity index (χ0n) is 23.6. The highest BCUT2D eigenvalue weighted by Crippen LogP contribution is 2.48. The summed E-state index contributed by atoms with van der Waals surface area (Å²) in [5, 5.41) is 0. The third kappa shape index (κ3) is 6.63. The minimum absolute atomic E-state index is 1.21. The van der Waals surface area contributed by atoms with E-state index in [0.29, 0.717) is 0 Å². The lowest BCUT2D eigenvalue weighted by Crippen LogP contribution is -1.86. The molecule has 0 unspecified atom stereocenters. The molecular formula is C34H42S4. The van der Waals surface area contributed by atoms with Crippen molar-refractivity contribution in [3.8, 4) is 19.5 Å². The Morgan fingerprint density at radius 2 is 1.13 bits per heavy atom. The van der Waals surface area contributed by atoms with Crippen molar-refractivity contribution in [3.63, 3.8) is 0 Å². The topological polar surface area (TPSA) is 0 Å². The van der Waals surface area contributed by atoms with Crippen LogP contribution in [0.4, 0.5) is 0 Å². The zero-order chi connectivity index (χ0) is 26.5. The molecule has 202 valence electrons. The molecule has 0 N–H and O–H groups in total. The summed E-state index contributed by atoms with van der Waals surface area (Å²) in [4.78, 5) is 11.7. The van der Waals surface area contributed by atoms with Crippen LogP contribution in [-0.4, -0.2) is 0 Å². The molecule has 0 fully saturated rings. The molecule has 4 heteroatoms. The number of aryl methyl sites for hydroxylation is 4. The first-order chi connectivity index (χ1) is 18.5. The van der Waals surface area contributed by atoms with Gasteiger partial charge in [-0.3, -0.25) is 0 Å². The van der Waals surface area contributed by atoms with Crippen molar-refractivity contribution in [1.82, 2.24) is 0 Å². The van der Waals surface area contributed by atoms with Crippen LogP contribution in [-0.2, 0) is 6.42 Å². The van der Waals surface area contributed by atoms with Crippen LogP contribution in [0.1, 0.15) is 108 Å². The van der Waals surface area contributed by atoms with Crippen molar-refractivity contribution in [1.29, 1.82) is 0 Å². The fourth-order valence-electron chi connectivity index (χ4n) is 5.79. The van der Waals surface area contributed by atoms with Gasteiger partial charge in [-0.25, -0.2) is 0 Å². The second-order valence-electron chi connectivity index (χ2n) is 10.9. The monoisotopic (exact) mass is 578 g/mol. The van der Waals surface area contributed by atoms with Crippen LogP contribution in [0.25, 0.3) is 30.7 Å². The third-order valence-corrected chi connectivity index (χ3v) is 12.5. The number of hydrogen-bond donors (Lipinski definition) is 0. The lowest BCUT2D eigenvalue weighted by molar-refractivity contribution is 0.576. The van der Waals surface area contributed by atoms with Gasteiger partial charge >= 0.3 is 0 Å². The Labute approximate surface area is 246 Å². The highest BCUT2D eigenvalue weighted by atomic mass is 32.1. The highest BCUT2D eigenvalue weighted by molar-refractivity contribution is 7.22. The van der Waals surface area contributed by atoms with E-state index in [0.717, 1.165) is 0 Å². The second-order valence-corrected chi connectivity index (χ2v) is 15.8. The molecule has 0 radical (unpaired) electrons. The zero-order valence-corrected chi connectivity index (χ0v) is 26.8. The fraction of sp³-hybridized carbons (Fsp3) is 0.471. The van der Waals surface area contributed by atoms with Gasteiger partial charge in [-0.15, -0.1) is 45.3 Å². The lowest BCUT2D eigenvalue weighted by Gasteiger charge is -2.07. The molecule has 1 aliphatic rings. The highest BCUT2D eigenvalue weighted by Gasteiger charge is 2.24. The largest absolute Gasteiger partial charge is 0.140 e. The quantitative estimate of drug-likeness (QED) is 0.138. The summed E-state index contributed by atoms with van der Waals surface area (Å²) in [6, 6.07) is 14.3. The predicted octanol–water partition coefficient (Wildman–Crippen LogP) is 13.0. The number of thiophene rings is 4. The molecule has 0 amide bonds. The summed E-state index contributed by atoms with van der Waals surface area (Å²) in [6.45, 7) is 9.16. The molecule has 0 atom stereocenters. The minimum atomic E-state index is 1.21. The molecule has 0 aromatic carbocycles. The second kappa shape index (κ2) is 13.3. The molecule has 0 spiro atoms. The van der Waals surface area contributed by atoms with Gasteiger partial charge in [0.15, 0.2) is 0 Å². The molecule has 38 heavy (non-hydrogen) atoms. The molecule has 4 aromatic heterocycles. The van der Waals surface area contributed by atoms with Crippen molar-refractivity contribution in [2.45, 2.75) is 105 Å². The van der Waals surface area contributed by atoms with E-state index in [-0.39, 0.29) is 0 Å². The van der Waals surface area contributed by atoms with Crippen molar-refractivity contribution < 1.29 is 0 Å². The molecule has 4 heterocycles. The van der Waals surface area contributed by atoms with Gasteiger partial charge in [0.2, 0.25) is 0 Å². The first kappa shape index (κ1) is 28.1. The number of rotatable bonds is 13. The maximum absolute atomic E-state index is 2.51. The van der Waals surface area contributed by atoms with E-state index in [1.807, 2.05) is 45.3 Å². The summed E-state index contributed by atoms with van der Waals surface area (Å²) in [6.07, 6.45) is 16.1. The van der Waals surface area contributed by atoms with E-state index in [2.05, 4.69) is 64.1 Å². The van der Waals surface area contributed by atoms with Gasteiger partial charge in [0.25, 0.3) is 0 Å². The van der Waals surface area contributed by atoms with Crippen LogP contribution in [0.5, 0.6) is 0 Å². The third-order valence-electron chi connectivity index (χ3n) is 7.87. The summed E-state index contributed by atoms with van der Waals surface area (Å²) < 4.78 is 0. The average Bonchev–Trinajstić information content (AvgIpc) is 3.71. The molecule has 1 aliphatic carbocycles. The molecular weight excluding hydrogens is 537 g/mol. The van der Waals surface area contributed by atoms with Gasteiger partial charge in [0.1, 0.15) is 0 Å². The number of allylic oxidation sites excluding steroid dienone is 2. The number of hydrogen-bond acceptors (Lipinski definition) is 4. The predicted molar refractivity (Wildman–Crippen MR) is 176 cm³/mol. The maximum atomic E-state index is 2.51. The van der Waals surface area contributed by atoms with E-state index in [4.69, 9.17) is 0 Å². The Morgan fingerprint density at radius 3 is 1.71 bits per heavy atom. The molecule has 0 nitrogen and oxygen atoms in total. The summed E-state index contributed by atoms with van der Waals surface area (Å²) in [5.41, 5.74) is 6.22. The smallest absolute Gasteiger partial charge is 0.0451 e. The molecule has 0 saturated carbocycles. The maximum Gasteiger partial charge on any atom is 0.0451 e.